The molecule has 40 heavy (non-hydrogen) atoms. The van der Waals surface area contributed by atoms with Gasteiger partial charge in [0.1, 0.15) is 24.4 Å². The van der Waals surface area contributed by atoms with Gasteiger partial charge in [0.15, 0.2) is 0 Å². The van der Waals surface area contributed by atoms with Gasteiger partial charge in [0, 0.05) is 19.3 Å². The van der Waals surface area contributed by atoms with E-state index in [4.69, 9.17) is 4.74 Å². The van der Waals surface area contributed by atoms with Gasteiger partial charge >= 0.3 is 0 Å². The van der Waals surface area contributed by atoms with Crippen LogP contribution in [0.2, 0.25) is 0 Å². The highest BCUT2D eigenvalue weighted by Crippen LogP contribution is 2.44. The van der Waals surface area contributed by atoms with Crippen molar-refractivity contribution in [2.24, 2.45) is 5.92 Å². The Balaban J connectivity index is 0.00000191. The van der Waals surface area contributed by atoms with E-state index in [9.17, 15) is 9.59 Å². The summed E-state index contributed by atoms with van der Waals surface area (Å²) in [7, 11) is 0. The summed E-state index contributed by atoms with van der Waals surface area (Å²) in [5.74, 6) is 1.95. The second kappa shape index (κ2) is 20.0. The number of Topliss-reactive ketones (excluding diaryl/α,β-unsaturated/α-hetero) is 1. The SMILES string of the molecule is C=C.C=C.CCCCCCC(C)(C)c1ccc([C@@H]2CC(=O)CC[C@H]2CCCCC=O)c(OCc2ccccc2)c1. The lowest BCUT2D eigenvalue weighted by Gasteiger charge is -2.33. The summed E-state index contributed by atoms with van der Waals surface area (Å²) in [6, 6.07) is 17.1. The second-order valence-corrected chi connectivity index (χ2v) is 11.3. The number of hydrogen-bond donors (Lipinski definition) is 0. The zero-order chi connectivity index (χ0) is 29.8. The zero-order valence-electron chi connectivity index (χ0n) is 25.6. The highest BCUT2D eigenvalue weighted by molar-refractivity contribution is 5.80. The first-order valence-electron chi connectivity index (χ1n) is 15.2. The second-order valence-electron chi connectivity index (χ2n) is 11.3. The molecule has 0 radical (unpaired) electrons. The molecule has 0 aliphatic heterocycles. The van der Waals surface area contributed by atoms with Crippen LogP contribution in [0.1, 0.15) is 120 Å². The van der Waals surface area contributed by atoms with Gasteiger partial charge in [0.05, 0.1) is 0 Å². The Morgan fingerprint density at radius 1 is 0.950 bits per heavy atom. The predicted octanol–water partition coefficient (Wildman–Crippen LogP) is 10.3. The average Bonchev–Trinajstić information content (AvgIpc) is 2.99. The molecule has 0 amide bonds. The van der Waals surface area contributed by atoms with E-state index < -0.39 is 0 Å². The molecule has 220 valence electrons. The van der Waals surface area contributed by atoms with Crippen LogP contribution in [0.3, 0.4) is 0 Å². The number of rotatable bonds is 15. The van der Waals surface area contributed by atoms with E-state index in [1.807, 2.05) is 18.2 Å². The summed E-state index contributed by atoms with van der Waals surface area (Å²) in [4.78, 5) is 23.3. The van der Waals surface area contributed by atoms with Crippen LogP contribution < -0.4 is 4.74 Å². The number of aldehydes is 1. The fourth-order valence-electron chi connectivity index (χ4n) is 5.67. The Labute approximate surface area is 245 Å². The minimum absolute atomic E-state index is 0.0771. The van der Waals surface area contributed by atoms with Gasteiger partial charge in [0.2, 0.25) is 0 Å². The lowest BCUT2D eigenvalue weighted by molar-refractivity contribution is -0.121. The molecule has 3 rings (SSSR count). The molecule has 0 N–H and O–H groups in total. The first kappa shape index (κ1) is 35.1. The van der Waals surface area contributed by atoms with Gasteiger partial charge < -0.3 is 9.53 Å². The maximum absolute atomic E-state index is 12.6. The molecule has 3 heteroatoms. The molecule has 1 saturated carbocycles. The van der Waals surface area contributed by atoms with Crippen LogP contribution in [0.4, 0.5) is 0 Å². The van der Waals surface area contributed by atoms with E-state index in [1.54, 1.807) is 0 Å². The molecule has 0 heterocycles. The number of unbranched alkanes of at least 4 members (excludes halogenated alkanes) is 5. The van der Waals surface area contributed by atoms with E-state index in [2.05, 4.69) is 77.4 Å². The normalized spacial score (nSPS) is 16.6. The van der Waals surface area contributed by atoms with Crippen molar-refractivity contribution in [3.63, 3.8) is 0 Å². The molecular weight excluding hydrogens is 492 g/mol. The van der Waals surface area contributed by atoms with Crippen molar-refractivity contribution in [1.82, 2.24) is 0 Å². The van der Waals surface area contributed by atoms with Gasteiger partial charge in [-0.2, -0.15) is 0 Å². The first-order valence-corrected chi connectivity index (χ1v) is 15.2. The maximum atomic E-state index is 12.6. The Morgan fingerprint density at radius 2 is 1.68 bits per heavy atom. The largest absolute Gasteiger partial charge is 0.489 e. The quantitative estimate of drug-likeness (QED) is 0.127. The summed E-state index contributed by atoms with van der Waals surface area (Å²) < 4.78 is 6.52. The van der Waals surface area contributed by atoms with E-state index in [1.165, 1.54) is 36.8 Å². The Kier molecular flexibility index (Phi) is 17.6. The molecule has 0 saturated heterocycles. The van der Waals surface area contributed by atoms with Crippen molar-refractivity contribution < 1.29 is 14.3 Å². The van der Waals surface area contributed by atoms with Crippen molar-refractivity contribution in [3.05, 3.63) is 91.5 Å². The summed E-state index contributed by atoms with van der Waals surface area (Å²) in [6.07, 6.45) is 13.1. The molecule has 0 spiro atoms. The minimum Gasteiger partial charge on any atom is -0.489 e. The van der Waals surface area contributed by atoms with Crippen molar-refractivity contribution in [1.29, 1.82) is 0 Å². The van der Waals surface area contributed by atoms with Crippen molar-refractivity contribution in [2.45, 2.75) is 116 Å². The molecule has 2 aromatic carbocycles. The Morgan fingerprint density at radius 3 is 2.35 bits per heavy atom. The standard InChI is InChI=1S/C33H46O3.2C2H4/c1-4-5-6-12-21-33(2,3)28-18-20-30(32(23-28)36-25-26-14-9-7-10-15-26)31-24-29(35)19-17-27(31)16-11-8-13-22-34;2*1-2/h7,9-10,14-15,18,20,22-23,27,31H,4-6,8,11-13,16-17,19,21,24-25H2,1-3H3;2*1-2H2/t27-,31-;;/m1../s1. The lowest BCUT2D eigenvalue weighted by Crippen LogP contribution is -2.24. The van der Waals surface area contributed by atoms with E-state index in [0.717, 1.165) is 49.7 Å². The molecule has 1 aliphatic carbocycles. The van der Waals surface area contributed by atoms with Crippen LogP contribution >= 0.6 is 0 Å². The third-order valence-electron chi connectivity index (χ3n) is 8.04. The molecule has 0 unspecified atom stereocenters. The van der Waals surface area contributed by atoms with E-state index in [0.29, 0.717) is 37.6 Å². The molecule has 1 fully saturated rings. The van der Waals surface area contributed by atoms with E-state index in [-0.39, 0.29) is 11.3 Å². The Bertz CT molecular complexity index is 976. The molecular formula is C37H54O3. The smallest absolute Gasteiger partial charge is 0.133 e. The van der Waals surface area contributed by atoms with Crippen molar-refractivity contribution in [2.75, 3.05) is 0 Å². The minimum atomic E-state index is 0.0771. The average molecular weight is 547 g/mol. The maximum Gasteiger partial charge on any atom is 0.133 e. The number of hydrogen-bond acceptors (Lipinski definition) is 3. The van der Waals surface area contributed by atoms with Crippen LogP contribution in [0, 0.1) is 5.92 Å². The van der Waals surface area contributed by atoms with Crippen LogP contribution in [-0.4, -0.2) is 12.1 Å². The lowest BCUT2D eigenvalue weighted by atomic mass is 9.71. The molecule has 2 atom stereocenters. The van der Waals surface area contributed by atoms with Crippen LogP contribution in [0.15, 0.2) is 74.8 Å². The molecule has 0 aromatic heterocycles. The number of benzene rings is 2. The van der Waals surface area contributed by atoms with Gasteiger partial charge in [0.25, 0.3) is 0 Å². The monoisotopic (exact) mass is 546 g/mol. The van der Waals surface area contributed by atoms with Crippen LogP contribution in [0.25, 0.3) is 0 Å². The fraction of sp³-hybridized carbons (Fsp3) is 0.514. The topological polar surface area (TPSA) is 43.4 Å². The number of ether oxygens (including phenoxy) is 1. The summed E-state index contributed by atoms with van der Waals surface area (Å²) in [5, 5.41) is 0. The van der Waals surface area contributed by atoms with Gasteiger partial charge in [-0.25, -0.2) is 0 Å². The third-order valence-corrected chi connectivity index (χ3v) is 8.04. The van der Waals surface area contributed by atoms with Crippen LogP contribution in [0.5, 0.6) is 5.75 Å². The first-order chi connectivity index (χ1) is 19.4. The van der Waals surface area contributed by atoms with Gasteiger partial charge in [-0.05, 0) is 65.7 Å². The highest BCUT2D eigenvalue weighted by atomic mass is 16.5. The Hall–Kier alpha value is -2.94. The third kappa shape index (κ3) is 11.7. The number of ketones is 1. The predicted molar refractivity (Wildman–Crippen MR) is 171 cm³/mol. The number of carbonyl (C=O) groups excluding carboxylic acids is 2. The van der Waals surface area contributed by atoms with Crippen LogP contribution in [-0.2, 0) is 21.6 Å². The van der Waals surface area contributed by atoms with Gasteiger partial charge in [-0.3, -0.25) is 4.79 Å². The fourth-order valence-corrected chi connectivity index (χ4v) is 5.67. The highest BCUT2D eigenvalue weighted by Gasteiger charge is 2.33. The molecule has 3 nitrogen and oxygen atoms in total. The van der Waals surface area contributed by atoms with Gasteiger partial charge in [-0.15, -0.1) is 26.3 Å². The van der Waals surface area contributed by atoms with Gasteiger partial charge in [-0.1, -0.05) is 95.3 Å². The van der Waals surface area contributed by atoms with E-state index >= 15 is 0 Å². The summed E-state index contributed by atoms with van der Waals surface area (Å²) >= 11 is 0. The summed E-state index contributed by atoms with van der Waals surface area (Å²) in [6.45, 7) is 19.5. The van der Waals surface area contributed by atoms with Crippen molar-refractivity contribution in [3.8, 4) is 5.75 Å². The van der Waals surface area contributed by atoms with Crippen molar-refractivity contribution >= 4 is 12.1 Å². The molecule has 1 aliphatic rings. The summed E-state index contributed by atoms with van der Waals surface area (Å²) in [5.41, 5.74) is 3.73. The zero-order valence-corrected chi connectivity index (χ0v) is 25.6. The molecule has 2 aromatic rings. The molecule has 0 bridgehead atoms. The number of carbonyl (C=O) groups is 2.